The Morgan fingerprint density at radius 2 is 1.70 bits per heavy atom. The number of esters is 1. The van der Waals surface area contributed by atoms with E-state index in [1.807, 2.05) is 0 Å². The molecule has 1 spiro atoms. The SMILES string of the molecule is CC(=O)OC1CC[C@]2(C)[C@H]3CC[C@]4(C)[C@@H]([C@H](C)CCCC(C)C)CC[C@H]4[C@@H]3CCC23OC13C. The Labute approximate surface area is 203 Å². The second-order valence-corrected chi connectivity index (χ2v) is 14.0. The van der Waals surface area contributed by atoms with E-state index >= 15 is 0 Å². The van der Waals surface area contributed by atoms with Crippen molar-refractivity contribution in [2.24, 2.45) is 46.3 Å². The number of hydrogen-bond donors (Lipinski definition) is 0. The lowest BCUT2D eigenvalue weighted by Gasteiger charge is -2.60. The number of hydrogen-bond acceptors (Lipinski definition) is 3. The minimum atomic E-state index is -0.263. The number of carbonyl (C=O) groups is 1. The summed E-state index contributed by atoms with van der Waals surface area (Å²) in [6.07, 6.45) is 14.5. The summed E-state index contributed by atoms with van der Waals surface area (Å²) in [7, 11) is 0. The average molecular weight is 459 g/mol. The van der Waals surface area contributed by atoms with Crippen molar-refractivity contribution < 1.29 is 14.3 Å². The monoisotopic (exact) mass is 458 g/mol. The summed E-state index contributed by atoms with van der Waals surface area (Å²) in [6.45, 7) is 16.3. The van der Waals surface area contributed by atoms with E-state index in [1.54, 1.807) is 6.92 Å². The summed E-state index contributed by atoms with van der Waals surface area (Å²) >= 11 is 0. The second kappa shape index (κ2) is 7.97. The summed E-state index contributed by atoms with van der Waals surface area (Å²) in [6, 6.07) is 0. The van der Waals surface area contributed by atoms with E-state index in [-0.39, 0.29) is 28.7 Å². The van der Waals surface area contributed by atoms with Crippen molar-refractivity contribution >= 4 is 5.97 Å². The van der Waals surface area contributed by atoms with Gasteiger partial charge in [0.15, 0.2) is 0 Å². The van der Waals surface area contributed by atoms with Crippen molar-refractivity contribution in [3.8, 4) is 0 Å². The third-order valence-corrected chi connectivity index (χ3v) is 12.2. The molecule has 0 radical (unpaired) electrons. The number of rotatable bonds is 6. The van der Waals surface area contributed by atoms with Gasteiger partial charge in [-0.25, -0.2) is 0 Å². The van der Waals surface area contributed by atoms with Gasteiger partial charge in [-0.1, -0.05) is 53.9 Å². The van der Waals surface area contributed by atoms with Gasteiger partial charge < -0.3 is 9.47 Å². The van der Waals surface area contributed by atoms with Gasteiger partial charge >= 0.3 is 5.97 Å². The second-order valence-electron chi connectivity index (χ2n) is 14.0. The van der Waals surface area contributed by atoms with Crippen LogP contribution in [0.5, 0.6) is 0 Å². The molecule has 1 heterocycles. The van der Waals surface area contributed by atoms with Crippen molar-refractivity contribution in [1.82, 2.24) is 0 Å². The highest BCUT2D eigenvalue weighted by Gasteiger charge is 2.83. The number of carbonyl (C=O) groups excluding carboxylic acids is 1. The van der Waals surface area contributed by atoms with Gasteiger partial charge in [-0.2, -0.15) is 0 Å². The molecule has 0 aromatic heterocycles. The molecule has 1 saturated heterocycles. The van der Waals surface area contributed by atoms with Crippen LogP contribution in [0.2, 0.25) is 0 Å². The molecular weight excluding hydrogens is 408 g/mol. The first-order valence-electron chi connectivity index (χ1n) is 14.4. The Kier molecular flexibility index (Phi) is 5.83. The van der Waals surface area contributed by atoms with E-state index in [1.165, 1.54) is 57.8 Å². The molecule has 4 aliphatic carbocycles. The van der Waals surface area contributed by atoms with Gasteiger partial charge in [0.2, 0.25) is 0 Å². The van der Waals surface area contributed by atoms with Crippen molar-refractivity contribution in [3.05, 3.63) is 0 Å². The number of epoxide rings is 1. The van der Waals surface area contributed by atoms with Crippen LogP contribution in [0.4, 0.5) is 0 Å². The summed E-state index contributed by atoms with van der Waals surface area (Å²) < 4.78 is 12.5. The van der Waals surface area contributed by atoms with Crippen LogP contribution < -0.4 is 0 Å². The summed E-state index contributed by atoms with van der Waals surface area (Å²) in [4.78, 5) is 11.8. The lowest BCUT2D eigenvalue weighted by Crippen LogP contribution is -2.61. The van der Waals surface area contributed by atoms with Crippen LogP contribution in [0.1, 0.15) is 119 Å². The summed E-state index contributed by atoms with van der Waals surface area (Å²) in [5, 5.41) is 0. The summed E-state index contributed by atoms with van der Waals surface area (Å²) in [5.41, 5.74) is 0.460. The van der Waals surface area contributed by atoms with Crippen molar-refractivity contribution in [1.29, 1.82) is 0 Å². The van der Waals surface area contributed by atoms with E-state index in [2.05, 4.69) is 41.5 Å². The fourth-order valence-electron chi connectivity index (χ4n) is 10.6. The first-order valence-corrected chi connectivity index (χ1v) is 14.4. The Bertz CT molecular complexity index is 777. The van der Waals surface area contributed by atoms with Crippen molar-refractivity contribution in [2.45, 2.75) is 136 Å². The van der Waals surface area contributed by atoms with E-state index < -0.39 is 0 Å². The first-order chi connectivity index (χ1) is 15.5. The minimum absolute atomic E-state index is 0.0592. The van der Waals surface area contributed by atoms with Crippen molar-refractivity contribution in [3.63, 3.8) is 0 Å². The zero-order valence-corrected chi connectivity index (χ0v) is 22.5. The predicted octanol–water partition coefficient (Wildman–Crippen LogP) is 7.56. The molecule has 5 aliphatic rings. The van der Waals surface area contributed by atoms with Crippen LogP contribution in [0.15, 0.2) is 0 Å². The molecule has 3 heteroatoms. The number of ether oxygens (including phenoxy) is 2. The predicted molar refractivity (Wildman–Crippen MR) is 133 cm³/mol. The molecule has 3 nitrogen and oxygen atoms in total. The molecule has 33 heavy (non-hydrogen) atoms. The van der Waals surface area contributed by atoms with E-state index in [0.717, 1.165) is 48.3 Å². The lowest BCUT2D eigenvalue weighted by atomic mass is 9.43. The Balaban J connectivity index is 1.32. The smallest absolute Gasteiger partial charge is 0.303 e. The highest BCUT2D eigenvalue weighted by Crippen LogP contribution is 2.77. The topological polar surface area (TPSA) is 38.8 Å². The van der Waals surface area contributed by atoms with Gasteiger partial charge in [0.05, 0.1) is 0 Å². The first kappa shape index (κ1) is 24.1. The standard InChI is InChI=1S/C30H50O3/c1-19(2)9-8-10-20(3)23-11-12-24-22-13-18-30-28(6,25(22)14-16-27(23,24)5)17-15-26(32-21(4)31)29(30,7)33-30/h19-20,22-26H,8-18H2,1-7H3/t20-,22+,23-,24+,25+,26?,27-,28-,29?,30?/m1/s1. The molecule has 188 valence electrons. The van der Waals surface area contributed by atoms with Crippen molar-refractivity contribution in [2.75, 3.05) is 0 Å². The molecule has 10 atom stereocenters. The van der Waals surface area contributed by atoms with Crippen LogP contribution in [0, 0.1) is 46.3 Å². The molecule has 0 N–H and O–H groups in total. The van der Waals surface area contributed by atoms with E-state index in [9.17, 15) is 4.79 Å². The fourth-order valence-corrected chi connectivity index (χ4v) is 10.6. The maximum Gasteiger partial charge on any atom is 0.303 e. The molecule has 5 fully saturated rings. The molecule has 4 saturated carbocycles. The van der Waals surface area contributed by atoms with Crippen LogP contribution in [-0.2, 0) is 14.3 Å². The quantitative estimate of drug-likeness (QED) is 0.304. The third-order valence-electron chi connectivity index (χ3n) is 12.2. The zero-order valence-electron chi connectivity index (χ0n) is 22.5. The van der Waals surface area contributed by atoms with Crippen LogP contribution in [-0.4, -0.2) is 23.3 Å². The van der Waals surface area contributed by atoms with Crippen LogP contribution in [0.25, 0.3) is 0 Å². The third kappa shape index (κ3) is 3.33. The molecule has 5 rings (SSSR count). The normalized spacial score (nSPS) is 51.2. The average Bonchev–Trinajstić information content (AvgIpc) is 3.21. The molecule has 3 unspecified atom stereocenters. The van der Waals surface area contributed by atoms with E-state index in [4.69, 9.17) is 9.47 Å². The zero-order chi connectivity index (χ0) is 23.8. The lowest BCUT2D eigenvalue weighted by molar-refractivity contribution is -0.156. The Morgan fingerprint density at radius 1 is 0.939 bits per heavy atom. The van der Waals surface area contributed by atoms with Gasteiger partial charge in [-0.3, -0.25) is 4.79 Å². The minimum Gasteiger partial charge on any atom is -0.459 e. The molecule has 0 aromatic carbocycles. The molecule has 1 aliphatic heterocycles. The highest BCUT2D eigenvalue weighted by atomic mass is 16.7. The highest BCUT2D eigenvalue weighted by molar-refractivity contribution is 5.66. The van der Waals surface area contributed by atoms with Gasteiger partial charge in [-0.15, -0.1) is 0 Å². The fraction of sp³-hybridized carbons (Fsp3) is 0.967. The Hall–Kier alpha value is -0.570. The molecule has 0 aromatic rings. The molecule has 0 bridgehead atoms. The van der Waals surface area contributed by atoms with Gasteiger partial charge in [0.1, 0.15) is 17.3 Å². The molecular formula is C30H50O3. The van der Waals surface area contributed by atoms with Crippen LogP contribution >= 0.6 is 0 Å². The van der Waals surface area contributed by atoms with E-state index in [0.29, 0.717) is 5.41 Å². The molecule has 0 amide bonds. The maximum absolute atomic E-state index is 11.8. The van der Waals surface area contributed by atoms with Crippen LogP contribution in [0.3, 0.4) is 0 Å². The van der Waals surface area contributed by atoms with Gasteiger partial charge in [0.25, 0.3) is 0 Å². The maximum atomic E-state index is 11.8. The summed E-state index contributed by atoms with van der Waals surface area (Å²) in [5.74, 6) is 5.01. The number of fused-ring (bicyclic) bond motifs is 4. The van der Waals surface area contributed by atoms with Gasteiger partial charge in [-0.05, 0) is 99.2 Å². The van der Waals surface area contributed by atoms with Gasteiger partial charge in [0, 0.05) is 12.3 Å². The largest absolute Gasteiger partial charge is 0.459 e. The Morgan fingerprint density at radius 3 is 2.39 bits per heavy atom.